The van der Waals surface area contributed by atoms with Crippen LogP contribution in [-0.2, 0) is 6.61 Å². The minimum absolute atomic E-state index is 0.0165. The SMILES string of the molecule is CCOc1cc(Br)ccc1CO. The predicted octanol–water partition coefficient (Wildman–Crippen LogP) is 2.34. The summed E-state index contributed by atoms with van der Waals surface area (Å²) in [7, 11) is 0. The molecule has 3 heteroatoms. The summed E-state index contributed by atoms with van der Waals surface area (Å²) in [5.41, 5.74) is 0.819. The maximum Gasteiger partial charge on any atom is 0.125 e. The van der Waals surface area contributed by atoms with Crippen LogP contribution in [-0.4, -0.2) is 11.7 Å². The second kappa shape index (κ2) is 4.48. The second-order valence-corrected chi connectivity index (χ2v) is 3.26. The highest BCUT2D eigenvalue weighted by molar-refractivity contribution is 9.10. The van der Waals surface area contributed by atoms with Crippen LogP contribution in [0.4, 0.5) is 0 Å². The number of hydrogen-bond donors (Lipinski definition) is 1. The summed E-state index contributed by atoms with van der Waals surface area (Å²) in [6, 6.07) is 5.58. The molecule has 0 spiro atoms. The molecule has 0 aromatic heterocycles. The van der Waals surface area contributed by atoms with E-state index in [-0.39, 0.29) is 6.61 Å². The lowest BCUT2D eigenvalue weighted by atomic mass is 10.2. The van der Waals surface area contributed by atoms with Gasteiger partial charge < -0.3 is 9.84 Å². The third-order valence-corrected chi connectivity index (χ3v) is 1.99. The molecule has 0 aliphatic heterocycles. The number of aliphatic hydroxyl groups excluding tert-OH is 1. The standard InChI is InChI=1S/C9H11BrO2/c1-2-12-9-5-8(10)4-3-7(9)6-11/h3-5,11H,2,6H2,1H3. The molecular formula is C9H11BrO2. The van der Waals surface area contributed by atoms with Crippen molar-refractivity contribution in [3.63, 3.8) is 0 Å². The Morgan fingerprint density at radius 1 is 1.50 bits per heavy atom. The minimum atomic E-state index is 0.0165. The molecule has 12 heavy (non-hydrogen) atoms. The van der Waals surface area contributed by atoms with Gasteiger partial charge in [-0.25, -0.2) is 0 Å². The molecule has 0 radical (unpaired) electrons. The smallest absolute Gasteiger partial charge is 0.125 e. The lowest BCUT2D eigenvalue weighted by Gasteiger charge is -2.07. The molecular weight excluding hydrogens is 220 g/mol. The molecule has 0 saturated carbocycles. The van der Waals surface area contributed by atoms with Crippen LogP contribution in [0.1, 0.15) is 12.5 Å². The Bertz CT molecular complexity index is 261. The van der Waals surface area contributed by atoms with Gasteiger partial charge in [-0.1, -0.05) is 22.0 Å². The number of aliphatic hydroxyl groups is 1. The lowest BCUT2D eigenvalue weighted by Crippen LogP contribution is -1.96. The third kappa shape index (κ3) is 2.22. The van der Waals surface area contributed by atoms with Crippen molar-refractivity contribution in [3.8, 4) is 5.75 Å². The van der Waals surface area contributed by atoms with Gasteiger partial charge >= 0.3 is 0 Å². The van der Waals surface area contributed by atoms with Crippen LogP contribution in [0, 0.1) is 0 Å². The van der Waals surface area contributed by atoms with Gasteiger partial charge in [0.25, 0.3) is 0 Å². The summed E-state index contributed by atoms with van der Waals surface area (Å²) >= 11 is 3.33. The lowest BCUT2D eigenvalue weighted by molar-refractivity contribution is 0.267. The fourth-order valence-electron chi connectivity index (χ4n) is 0.949. The van der Waals surface area contributed by atoms with E-state index in [0.29, 0.717) is 6.61 Å². The van der Waals surface area contributed by atoms with Crippen LogP contribution >= 0.6 is 15.9 Å². The zero-order valence-electron chi connectivity index (χ0n) is 6.88. The average molecular weight is 231 g/mol. The van der Waals surface area contributed by atoms with Crippen LogP contribution < -0.4 is 4.74 Å². The molecule has 0 fully saturated rings. The first kappa shape index (κ1) is 9.55. The van der Waals surface area contributed by atoms with Crippen molar-refractivity contribution < 1.29 is 9.84 Å². The van der Waals surface area contributed by atoms with E-state index in [1.807, 2.05) is 25.1 Å². The molecule has 0 saturated heterocycles. The van der Waals surface area contributed by atoms with Crippen LogP contribution in [0.15, 0.2) is 22.7 Å². The van der Waals surface area contributed by atoms with Gasteiger partial charge in [-0.05, 0) is 19.1 Å². The molecule has 1 aromatic rings. The summed E-state index contributed by atoms with van der Waals surface area (Å²) in [6.07, 6.45) is 0. The van der Waals surface area contributed by atoms with Gasteiger partial charge in [0.1, 0.15) is 5.75 Å². The van der Waals surface area contributed by atoms with Gasteiger partial charge in [0.2, 0.25) is 0 Å². The largest absolute Gasteiger partial charge is 0.493 e. The highest BCUT2D eigenvalue weighted by Gasteiger charge is 2.01. The van der Waals surface area contributed by atoms with E-state index in [0.717, 1.165) is 15.8 Å². The first-order chi connectivity index (χ1) is 5.77. The molecule has 0 heterocycles. The van der Waals surface area contributed by atoms with Crippen molar-refractivity contribution in [2.75, 3.05) is 6.61 Å². The summed E-state index contributed by atoms with van der Waals surface area (Å²) in [5.74, 6) is 0.745. The van der Waals surface area contributed by atoms with Crippen molar-refractivity contribution in [2.24, 2.45) is 0 Å². The Kier molecular flexibility index (Phi) is 3.56. The van der Waals surface area contributed by atoms with Gasteiger partial charge in [-0.15, -0.1) is 0 Å². The second-order valence-electron chi connectivity index (χ2n) is 2.34. The Labute approximate surface area is 80.3 Å². The van der Waals surface area contributed by atoms with Gasteiger partial charge in [-0.2, -0.15) is 0 Å². The molecule has 0 unspecified atom stereocenters. The van der Waals surface area contributed by atoms with Crippen LogP contribution in [0.25, 0.3) is 0 Å². The van der Waals surface area contributed by atoms with E-state index >= 15 is 0 Å². The summed E-state index contributed by atoms with van der Waals surface area (Å²) in [5, 5.41) is 8.94. The zero-order valence-corrected chi connectivity index (χ0v) is 8.47. The predicted molar refractivity (Wildman–Crippen MR) is 51.2 cm³/mol. The Balaban J connectivity index is 2.95. The van der Waals surface area contributed by atoms with E-state index in [9.17, 15) is 0 Å². The first-order valence-electron chi connectivity index (χ1n) is 3.80. The molecule has 1 rings (SSSR count). The Morgan fingerprint density at radius 2 is 2.25 bits per heavy atom. The van der Waals surface area contributed by atoms with E-state index in [4.69, 9.17) is 9.84 Å². The molecule has 0 bridgehead atoms. The number of rotatable bonds is 3. The molecule has 0 atom stereocenters. The topological polar surface area (TPSA) is 29.5 Å². The van der Waals surface area contributed by atoms with E-state index < -0.39 is 0 Å². The van der Waals surface area contributed by atoms with E-state index in [2.05, 4.69) is 15.9 Å². The van der Waals surface area contributed by atoms with Crippen molar-refractivity contribution in [3.05, 3.63) is 28.2 Å². The number of halogens is 1. The zero-order chi connectivity index (χ0) is 8.97. The first-order valence-corrected chi connectivity index (χ1v) is 4.59. The summed E-state index contributed by atoms with van der Waals surface area (Å²) < 4.78 is 6.28. The van der Waals surface area contributed by atoms with Gasteiger partial charge in [-0.3, -0.25) is 0 Å². The fraction of sp³-hybridized carbons (Fsp3) is 0.333. The van der Waals surface area contributed by atoms with E-state index in [1.165, 1.54) is 0 Å². The van der Waals surface area contributed by atoms with Crippen LogP contribution in [0.2, 0.25) is 0 Å². The summed E-state index contributed by atoms with van der Waals surface area (Å²) in [6.45, 7) is 2.55. The fourth-order valence-corrected chi connectivity index (χ4v) is 1.29. The molecule has 0 amide bonds. The number of hydrogen-bond acceptors (Lipinski definition) is 2. The molecule has 1 N–H and O–H groups in total. The Morgan fingerprint density at radius 3 is 2.83 bits per heavy atom. The molecule has 2 nitrogen and oxygen atoms in total. The van der Waals surface area contributed by atoms with Crippen molar-refractivity contribution >= 4 is 15.9 Å². The maximum absolute atomic E-state index is 8.94. The third-order valence-electron chi connectivity index (χ3n) is 1.50. The molecule has 1 aromatic carbocycles. The van der Waals surface area contributed by atoms with Crippen molar-refractivity contribution in [1.29, 1.82) is 0 Å². The molecule has 66 valence electrons. The average Bonchev–Trinajstić information content (AvgIpc) is 2.05. The van der Waals surface area contributed by atoms with Crippen LogP contribution in [0.3, 0.4) is 0 Å². The number of ether oxygens (including phenoxy) is 1. The van der Waals surface area contributed by atoms with Crippen molar-refractivity contribution in [1.82, 2.24) is 0 Å². The highest BCUT2D eigenvalue weighted by Crippen LogP contribution is 2.23. The van der Waals surface area contributed by atoms with Crippen molar-refractivity contribution in [2.45, 2.75) is 13.5 Å². The van der Waals surface area contributed by atoms with Gasteiger partial charge in [0.05, 0.1) is 13.2 Å². The van der Waals surface area contributed by atoms with Crippen LogP contribution in [0.5, 0.6) is 5.75 Å². The summed E-state index contributed by atoms with van der Waals surface area (Å²) in [4.78, 5) is 0. The van der Waals surface area contributed by atoms with E-state index in [1.54, 1.807) is 0 Å². The monoisotopic (exact) mass is 230 g/mol. The number of benzene rings is 1. The molecule has 0 aliphatic carbocycles. The van der Waals surface area contributed by atoms with Gasteiger partial charge in [0.15, 0.2) is 0 Å². The minimum Gasteiger partial charge on any atom is -0.493 e. The maximum atomic E-state index is 8.94. The normalized spacial score (nSPS) is 9.92. The highest BCUT2D eigenvalue weighted by atomic mass is 79.9. The Hall–Kier alpha value is -0.540. The quantitative estimate of drug-likeness (QED) is 0.865. The van der Waals surface area contributed by atoms with Gasteiger partial charge in [0, 0.05) is 10.0 Å². The molecule has 0 aliphatic rings.